The first-order valence-corrected chi connectivity index (χ1v) is 10.5. The molecule has 1 N–H and O–H groups in total. The second-order valence-electron chi connectivity index (χ2n) is 5.70. The lowest BCUT2D eigenvalue weighted by molar-refractivity contribution is -0.131. The third-order valence-corrected chi connectivity index (χ3v) is 5.95. The molecule has 1 aliphatic heterocycles. The van der Waals surface area contributed by atoms with Gasteiger partial charge in [-0.25, -0.2) is 18.4 Å². The van der Waals surface area contributed by atoms with Gasteiger partial charge in [0, 0.05) is 37.8 Å². The second-order valence-corrected chi connectivity index (χ2v) is 8.54. The SMILES string of the molecule is CS(=O)(=O)N1CCN(C(=O)Cc2csc(Nc3ccccn3)n2)CC1. The average Bonchev–Trinajstić information content (AvgIpc) is 3.02. The van der Waals surface area contributed by atoms with E-state index in [0.29, 0.717) is 42.8 Å². The molecule has 1 fully saturated rings. The fourth-order valence-corrected chi connectivity index (χ4v) is 4.07. The maximum absolute atomic E-state index is 12.4. The molecule has 0 unspecified atom stereocenters. The van der Waals surface area contributed by atoms with Crippen molar-refractivity contribution in [3.63, 3.8) is 0 Å². The number of nitrogens with one attached hydrogen (secondary N) is 1. The van der Waals surface area contributed by atoms with Crippen LogP contribution in [-0.4, -0.2) is 65.9 Å². The molecule has 3 heterocycles. The molecule has 1 saturated heterocycles. The van der Waals surface area contributed by atoms with Crippen LogP contribution < -0.4 is 5.32 Å². The summed E-state index contributed by atoms with van der Waals surface area (Å²) in [6, 6.07) is 5.55. The molecule has 2 aromatic heterocycles. The van der Waals surface area contributed by atoms with E-state index in [1.165, 1.54) is 21.9 Å². The van der Waals surface area contributed by atoms with Gasteiger partial charge in [-0.05, 0) is 12.1 Å². The minimum absolute atomic E-state index is 0.0390. The minimum Gasteiger partial charge on any atom is -0.340 e. The van der Waals surface area contributed by atoms with Gasteiger partial charge < -0.3 is 10.2 Å². The van der Waals surface area contributed by atoms with Crippen LogP contribution in [0.4, 0.5) is 10.9 Å². The lowest BCUT2D eigenvalue weighted by Gasteiger charge is -2.33. The van der Waals surface area contributed by atoms with Gasteiger partial charge in [-0.1, -0.05) is 6.07 Å². The molecule has 0 bridgehead atoms. The molecular formula is C15H19N5O3S2. The highest BCUT2D eigenvalue weighted by atomic mass is 32.2. The molecule has 0 aliphatic carbocycles. The quantitative estimate of drug-likeness (QED) is 0.828. The number of carbonyl (C=O) groups is 1. The zero-order valence-electron chi connectivity index (χ0n) is 13.8. The molecule has 2 aromatic rings. The zero-order chi connectivity index (χ0) is 17.9. The van der Waals surface area contributed by atoms with Crippen molar-refractivity contribution in [2.45, 2.75) is 6.42 Å². The molecule has 1 amide bonds. The van der Waals surface area contributed by atoms with Crippen LogP contribution in [0.3, 0.4) is 0 Å². The Hall–Kier alpha value is -2.04. The molecule has 3 rings (SSSR count). The summed E-state index contributed by atoms with van der Waals surface area (Å²) >= 11 is 1.42. The van der Waals surface area contributed by atoms with E-state index in [0.717, 1.165) is 0 Å². The van der Waals surface area contributed by atoms with E-state index in [-0.39, 0.29) is 12.3 Å². The van der Waals surface area contributed by atoms with Gasteiger partial charge in [-0.3, -0.25) is 4.79 Å². The van der Waals surface area contributed by atoms with Gasteiger partial charge in [-0.2, -0.15) is 4.31 Å². The molecule has 25 heavy (non-hydrogen) atoms. The highest BCUT2D eigenvalue weighted by molar-refractivity contribution is 7.88. The number of hydrogen-bond donors (Lipinski definition) is 1. The topological polar surface area (TPSA) is 95.5 Å². The predicted molar refractivity (Wildman–Crippen MR) is 96.3 cm³/mol. The van der Waals surface area contributed by atoms with E-state index in [1.807, 2.05) is 23.6 Å². The van der Waals surface area contributed by atoms with Crippen molar-refractivity contribution >= 4 is 38.2 Å². The van der Waals surface area contributed by atoms with Crippen LogP contribution in [0, 0.1) is 0 Å². The molecule has 1 aliphatic rings. The highest BCUT2D eigenvalue weighted by Crippen LogP contribution is 2.20. The molecule has 10 heteroatoms. The predicted octanol–water partition coefficient (Wildman–Crippen LogP) is 0.928. The van der Waals surface area contributed by atoms with E-state index < -0.39 is 10.0 Å². The normalized spacial score (nSPS) is 16.0. The first-order chi connectivity index (χ1) is 11.9. The molecular weight excluding hydrogens is 362 g/mol. The van der Waals surface area contributed by atoms with Crippen LogP contribution in [0.1, 0.15) is 5.69 Å². The number of sulfonamides is 1. The lowest BCUT2D eigenvalue weighted by Crippen LogP contribution is -2.50. The second kappa shape index (κ2) is 7.46. The Morgan fingerprint density at radius 3 is 2.68 bits per heavy atom. The summed E-state index contributed by atoms with van der Waals surface area (Å²) in [4.78, 5) is 22.6. The van der Waals surface area contributed by atoms with Crippen molar-refractivity contribution in [1.82, 2.24) is 19.2 Å². The van der Waals surface area contributed by atoms with Crippen molar-refractivity contribution < 1.29 is 13.2 Å². The van der Waals surface area contributed by atoms with Crippen molar-refractivity contribution in [2.24, 2.45) is 0 Å². The molecule has 134 valence electrons. The largest absolute Gasteiger partial charge is 0.340 e. The smallest absolute Gasteiger partial charge is 0.228 e. The number of hydrogen-bond acceptors (Lipinski definition) is 7. The fourth-order valence-electron chi connectivity index (χ4n) is 2.53. The number of thiazole rings is 1. The van der Waals surface area contributed by atoms with Crippen LogP contribution in [0.15, 0.2) is 29.8 Å². The zero-order valence-corrected chi connectivity index (χ0v) is 15.4. The van der Waals surface area contributed by atoms with Crippen LogP contribution in [0.2, 0.25) is 0 Å². The first kappa shape index (κ1) is 17.8. The lowest BCUT2D eigenvalue weighted by atomic mass is 10.2. The highest BCUT2D eigenvalue weighted by Gasteiger charge is 2.26. The standard InChI is InChI=1S/C15H19N5O3S2/c1-25(22,23)20-8-6-19(7-9-20)14(21)10-12-11-24-15(17-12)18-13-4-2-3-5-16-13/h2-5,11H,6-10H2,1H3,(H,16,17,18). The Bertz CT molecular complexity index is 830. The van der Waals surface area contributed by atoms with Crippen LogP contribution in [-0.2, 0) is 21.2 Å². The molecule has 8 nitrogen and oxygen atoms in total. The average molecular weight is 381 g/mol. The van der Waals surface area contributed by atoms with Crippen molar-refractivity contribution in [1.29, 1.82) is 0 Å². The van der Waals surface area contributed by atoms with Gasteiger partial charge in [0.25, 0.3) is 0 Å². The Labute approximate surface area is 150 Å². The minimum atomic E-state index is -3.19. The molecule has 0 saturated carbocycles. The summed E-state index contributed by atoms with van der Waals surface area (Å²) in [5, 5.41) is 5.62. The van der Waals surface area contributed by atoms with Gasteiger partial charge in [0.1, 0.15) is 5.82 Å². The van der Waals surface area contributed by atoms with E-state index in [1.54, 1.807) is 11.1 Å². The first-order valence-electron chi connectivity index (χ1n) is 7.77. The summed E-state index contributed by atoms with van der Waals surface area (Å²) < 4.78 is 24.4. The van der Waals surface area contributed by atoms with E-state index in [9.17, 15) is 13.2 Å². The number of pyridine rings is 1. The van der Waals surface area contributed by atoms with Gasteiger partial charge in [0.05, 0.1) is 18.4 Å². The Kier molecular flexibility index (Phi) is 5.30. The monoisotopic (exact) mass is 381 g/mol. The summed E-state index contributed by atoms with van der Waals surface area (Å²) in [6.07, 6.45) is 3.09. The number of amides is 1. The molecule has 0 spiro atoms. The maximum atomic E-state index is 12.4. The molecule has 0 aromatic carbocycles. The third kappa shape index (κ3) is 4.74. The Morgan fingerprint density at radius 1 is 1.28 bits per heavy atom. The van der Waals surface area contributed by atoms with Gasteiger partial charge in [-0.15, -0.1) is 11.3 Å². The molecule has 0 radical (unpaired) electrons. The van der Waals surface area contributed by atoms with Gasteiger partial charge in [0.2, 0.25) is 15.9 Å². The van der Waals surface area contributed by atoms with Crippen molar-refractivity contribution in [3.8, 4) is 0 Å². The van der Waals surface area contributed by atoms with Gasteiger partial charge in [0.15, 0.2) is 5.13 Å². The number of rotatable bonds is 5. The maximum Gasteiger partial charge on any atom is 0.228 e. The Balaban J connectivity index is 1.54. The molecule has 0 atom stereocenters. The number of nitrogens with zero attached hydrogens (tertiary/aromatic N) is 4. The van der Waals surface area contributed by atoms with E-state index >= 15 is 0 Å². The summed E-state index contributed by atoms with van der Waals surface area (Å²) in [5.74, 6) is 0.662. The number of carbonyl (C=O) groups excluding carboxylic acids is 1. The van der Waals surface area contributed by atoms with Crippen LogP contribution >= 0.6 is 11.3 Å². The fraction of sp³-hybridized carbons (Fsp3) is 0.400. The number of aromatic nitrogens is 2. The number of anilines is 2. The summed E-state index contributed by atoms with van der Waals surface area (Å²) in [6.45, 7) is 1.51. The van der Waals surface area contributed by atoms with Crippen molar-refractivity contribution in [3.05, 3.63) is 35.5 Å². The van der Waals surface area contributed by atoms with Gasteiger partial charge >= 0.3 is 0 Å². The van der Waals surface area contributed by atoms with Crippen LogP contribution in [0.5, 0.6) is 0 Å². The third-order valence-electron chi connectivity index (χ3n) is 3.84. The Morgan fingerprint density at radius 2 is 2.04 bits per heavy atom. The van der Waals surface area contributed by atoms with E-state index in [2.05, 4.69) is 15.3 Å². The number of piperazine rings is 1. The summed E-state index contributed by atoms with van der Waals surface area (Å²) in [7, 11) is -3.19. The van der Waals surface area contributed by atoms with E-state index in [4.69, 9.17) is 0 Å². The van der Waals surface area contributed by atoms with Crippen LogP contribution in [0.25, 0.3) is 0 Å². The summed E-state index contributed by atoms with van der Waals surface area (Å²) in [5.41, 5.74) is 0.693. The van der Waals surface area contributed by atoms with Crippen molar-refractivity contribution in [2.75, 3.05) is 37.8 Å².